The molecule has 194 valence electrons. The van der Waals surface area contributed by atoms with Gasteiger partial charge < -0.3 is 24.3 Å². The number of benzene rings is 1. The average molecular weight is 566 g/mol. The van der Waals surface area contributed by atoms with Crippen molar-refractivity contribution in [3.63, 3.8) is 0 Å². The molecule has 1 aromatic carbocycles. The zero-order chi connectivity index (χ0) is 26.4. The van der Waals surface area contributed by atoms with E-state index in [-0.39, 0.29) is 12.4 Å². The fourth-order valence-corrected chi connectivity index (χ4v) is 4.39. The molecule has 1 saturated heterocycles. The minimum atomic E-state index is -1.03. The molecule has 3 rings (SSSR count). The van der Waals surface area contributed by atoms with Crippen LogP contribution in [0.5, 0.6) is 5.75 Å². The third-order valence-corrected chi connectivity index (χ3v) is 6.53. The van der Waals surface area contributed by atoms with Gasteiger partial charge in [0.25, 0.3) is 5.91 Å². The number of hydrogen-bond donors (Lipinski definition) is 1. The van der Waals surface area contributed by atoms with Gasteiger partial charge >= 0.3 is 17.6 Å². The van der Waals surface area contributed by atoms with Gasteiger partial charge in [-0.15, -0.1) is 0 Å². The Labute approximate surface area is 216 Å². The first-order valence-corrected chi connectivity index (χ1v) is 12.2. The molecule has 1 N–H and O–H groups in total. The van der Waals surface area contributed by atoms with Crippen molar-refractivity contribution in [1.29, 1.82) is 0 Å². The molecule has 12 heteroatoms. The molecule has 2 aromatic rings. The number of amides is 1. The van der Waals surface area contributed by atoms with E-state index in [0.29, 0.717) is 29.7 Å². The predicted octanol–water partition coefficient (Wildman–Crippen LogP) is 2.61. The average Bonchev–Trinajstić information content (AvgIpc) is 3.13. The van der Waals surface area contributed by atoms with Crippen LogP contribution in [0.25, 0.3) is 0 Å². The van der Waals surface area contributed by atoms with Crippen LogP contribution in [0.2, 0.25) is 0 Å². The van der Waals surface area contributed by atoms with E-state index >= 15 is 0 Å². The maximum Gasteiger partial charge on any atom is 0.351 e. The van der Waals surface area contributed by atoms with Crippen LogP contribution in [-0.2, 0) is 30.2 Å². The monoisotopic (exact) mass is 565 g/mol. The number of aryl methyl sites for hydroxylation is 1. The van der Waals surface area contributed by atoms with Gasteiger partial charge in [0.15, 0.2) is 12.3 Å². The molecule has 0 radical (unpaired) electrons. The number of nitrogens with zero attached hydrogens (tertiary/aromatic N) is 2. The number of halogens is 1. The highest BCUT2D eigenvalue weighted by Crippen LogP contribution is 2.36. The first kappa shape index (κ1) is 27.3. The highest BCUT2D eigenvalue weighted by Gasteiger charge is 2.47. The van der Waals surface area contributed by atoms with Gasteiger partial charge in [-0.3, -0.25) is 19.0 Å². The van der Waals surface area contributed by atoms with Crippen LogP contribution in [0, 0.1) is 0 Å². The molecule has 2 heterocycles. The van der Waals surface area contributed by atoms with Crippen molar-refractivity contribution in [1.82, 2.24) is 9.55 Å². The minimum Gasteiger partial charge on any atom is -0.497 e. The summed E-state index contributed by atoms with van der Waals surface area (Å²) in [6, 6.07) is 6.51. The van der Waals surface area contributed by atoms with E-state index in [2.05, 4.69) is 26.2 Å². The van der Waals surface area contributed by atoms with Gasteiger partial charge in [0.2, 0.25) is 0 Å². The van der Waals surface area contributed by atoms with Gasteiger partial charge in [0, 0.05) is 31.2 Å². The SMILES string of the molecule is CCCc1cn([C@@H]2O[C@H](COC(C)=O)[C@H](Br)[C@H]2OC(C)=O)c(=O)nc1NC(=O)c1ccc(OC)cc1. The molecular weight excluding hydrogens is 538 g/mol. The molecular formula is C24H28BrN3O8. The second-order valence-corrected chi connectivity index (χ2v) is 9.18. The fraction of sp³-hybridized carbons (Fsp3) is 0.458. The topological polar surface area (TPSA) is 135 Å². The number of anilines is 1. The quantitative estimate of drug-likeness (QED) is 0.359. The second kappa shape index (κ2) is 12.1. The highest BCUT2D eigenvalue weighted by atomic mass is 79.9. The first-order valence-electron chi connectivity index (χ1n) is 11.3. The first-order chi connectivity index (χ1) is 17.1. The number of rotatable bonds is 9. The lowest BCUT2D eigenvalue weighted by atomic mass is 10.1. The highest BCUT2D eigenvalue weighted by molar-refractivity contribution is 9.09. The Morgan fingerprint density at radius 3 is 2.44 bits per heavy atom. The Hall–Kier alpha value is -3.25. The number of hydrogen-bond acceptors (Lipinski definition) is 9. The molecule has 0 unspecified atom stereocenters. The van der Waals surface area contributed by atoms with E-state index in [1.807, 2.05) is 6.92 Å². The zero-order valence-electron chi connectivity index (χ0n) is 20.4. The third kappa shape index (κ3) is 6.49. The molecule has 1 fully saturated rings. The van der Waals surface area contributed by atoms with Gasteiger partial charge in [-0.05, 0) is 30.7 Å². The number of carbonyl (C=O) groups excluding carboxylic acids is 3. The van der Waals surface area contributed by atoms with Crippen LogP contribution >= 0.6 is 15.9 Å². The van der Waals surface area contributed by atoms with Crippen molar-refractivity contribution in [3.8, 4) is 5.75 Å². The van der Waals surface area contributed by atoms with E-state index in [1.54, 1.807) is 24.3 Å². The largest absolute Gasteiger partial charge is 0.497 e. The Balaban J connectivity index is 1.92. The molecule has 1 aromatic heterocycles. The van der Waals surface area contributed by atoms with Crippen LogP contribution in [0.1, 0.15) is 49.3 Å². The van der Waals surface area contributed by atoms with Gasteiger partial charge in [-0.25, -0.2) is 4.79 Å². The normalized spacial score (nSPS) is 21.0. The second-order valence-electron chi connectivity index (χ2n) is 8.12. The molecule has 0 saturated carbocycles. The lowest BCUT2D eigenvalue weighted by molar-refractivity contribution is -0.153. The molecule has 1 aliphatic heterocycles. The number of esters is 2. The van der Waals surface area contributed by atoms with Crippen molar-refractivity contribution in [2.24, 2.45) is 0 Å². The number of aromatic nitrogens is 2. The van der Waals surface area contributed by atoms with Gasteiger partial charge in [0.1, 0.15) is 24.3 Å². The number of ether oxygens (including phenoxy) is 4. The molecule has 36 heavy (non-hydrogen) atoms. The fourth-order valence-electron chi connectivity index (χ4n) is 3.74. The molecule has 0 bridgehead atoms. The van der Waals surface area contributed by atoms with Crippen molar-refractivity contribution >= 4 is 39.6 Å². The molecule has 11 nitrogen and oxygen atoms in total. The Bertz CT molecular complexity index is 1170. The minimum absolute atomic E-state index is 0.0977. The summed E-state index contributed by atoms with van der Waals surface area (Å²) < 4.78 is 22.8. The number of alkyl halides is 1. The predicted molar refractivity (Wildman–Crippen MR) is 132 cm³/mol. The van der Waals surface area contributed by atoms with Crippen LogP contribution in [0.15, 0.2) is 35.3 Å². The van der Waals surface area contributed by atoms with Crippen LogP contribution in [0.4, 0.5) is 5.82 Å². The van der Waals surface area contributed by atoms with E-state index in [9.17, 15) is 19.2 Å². The van der Waals surface area contributed by atoms with Crippen molar-refractivity contribution < 1.29 is 33.3 Å². The van der Waals surface area contributed by atoms with E-state index in [4.69, 9.17) is 18.9 Å². The van der Waals surface area contributed by atoms with Crippen molar-refractivity contribution in [2.75, 3.05) is 19.0 Å². The van der Waals surface area contributed by atoms with Gasteiger partial charge in [0.05, 0.1) is 11.9 Å². The zero-order valence-corrected chi connectivity index (χ0v) is 21.9. The lowest BCUT2D eigenvalue weighted by Gasteiger charge is -2.22. The lowest BCUT2D eigenvalue weighted by Crippen LogP contribution is -2.37. The maximum absolute atomic E-state index is 13.1. The number of carbonyl (C=O) groups is 3. The summed E-state index contributed by atoms with van der Waals surface area (Å²) in [5.41, 5.74) is 0.252. The molecule has 0 spiro atoms. The Kier molecular flexibility index (Phi) is 9.21. The van der Waals surface area contributed by atoms with E-state index in [1.165, 1.54) is 31.7 Å². The van der Waals surface area contributed by atoms with Crippen LogP contribution in [0.3, 0.4) is 0 Å². The maximum atomic E-state index is 13.1. The standard InChI is InChI=1S/C24H28BrN3O8/c1-5-6-16-11-28(23-20(35-14(3)30)19(25)18(36-23)12-34-13(2)29)24(32)27-21(16)26-22(31)15-7-9-17(33-4)10-8-15/h7-11,18-20,23H,5-6,12H2,1-4H3,(H,26,27,31,32)/t18-,19+,20-,23-/m1/s1. The summed E-state index contributed by atoms with van der Waals surface area (Å²) >= 11 is 3.45. The van der Waals surface area contributed by atoms with E-state index < -0.39 is 46.8 Å². The summed E-state index contributed by atoms with van der Waals surface area (Å²) in [4.78, 5) is 52.4. The van der Waals surface area contributed by atoms with Gasteiger partial charge in [-0.2, -0.15) is 4.98 Å². The van der Waals surface area contributed by atoms with Crippen molar-refractivity contribution in [2.45, 2.75) is 56.9 Å². The molecule has 0 aliphatic carbocycles. The van der Waals surface area contributed by atoms with Gasteiger partial charge in [-0.1, -0.05) is 29.3 Å². The van der Waals surface area contributed by atoms with Crippen LogP contribution < -0.4 is 15.7 Å². The summed E-state index contributed by atoms with van der Waals surface area (Å²) in [5.74, 6) is -0.754. The smallest absolute Gasteiger partial charge is 0.351 e. The summed E-state index contributed by atoms with van der Waals surface area (Å²) in [6.45, 7) is 4.36. The molecule has 1 aliphatic rings. The Morgan fingerprint density at radius 2 is 1.86 bits per heavy atom. The number of methoxy groups -OCH3 is 1. The van der Waals surface area contributed by atoms with Crippen LogP contribution in [-0.4, -0.2) is 58.1 Å². The summed E-state index contributed by atoms with van der Waals surface area (Å²) in [7, 11) is 1.53. The molecule has 4 atom stereocenters. The summed E-state index contributed by atoms with van der Waals surface area (Å²) in [5, 5.41) is 2.70. The third-order valence-electron chi connectivity index (χ3n) is 5.42. The van der Waals surface area contributed by atoms with E-state index in [0.717, 1.165) is 0 Å². The number of nitrogens with one attached hydrogen (secondary N) is 1. The molecule has 1 amide bonds. The van der Waals surface area contributed by atoms with Crippen molar-refractivity contribution in [3.05, 3.63) is 52.1 Å². The summed E-state index contributed by atoms with van der Waals surface area (Å²) in [6.07, 6.45) is 0.153. The Morgan fingerprint density at radius 1 is 1.17 bits per heavy atom.